The first-order valence-corrected chi connectivity index (χ1v) is 12.0. The van der Waals surface area contributed by atoms with Crippen LogP contribution in [0.4, 0.5) is 14.5 Å². The summed E-state index contributed by atoms with van der Waals surface area (Å²) in [6, 6.07) is 22.5. The number of hydrogen-bond donors (Lipinski definition) is 3. The standard InChI is InChI=1S/C30H25F2NO4/c31-21-7-4-18(5-8-21)27(35)15-14-26-29(33(30(26)37)23-11-9-22(32)10-12-23)20-6-13-25(28(36)17-20)19-2-1-3-24(34)16-19/h1-13,16-17,26-27,29,34-36H,14-15H2/t26?,27-,29+/m0/s1. The normalized spacial score (nSPS) is 17.9. The Morgan fingerprint density at radius 2 is 1.51 bits per heavy atom. The number of rotatable bonds is 7. The zero-order valence-corrected chi connectivity index (χ0v) is 19.8. The fraction of sp³-hybridized carbons (Fsp3) is 0.167. The Balaban J connectivity index is 1.43. The number of nitrogens with zero attached hydrogens (tertiary/aromatic N) is 1. The summed E-state index contributed by atoms with van der Waals surface area (Å²) in [4.78, 5) is 14.8. The number of halogens is 2. The van der Waals surface area contributed by atoms with E-state index in [0.717, 1.165) is 0 Å². The molecule has 1 fully saturated rings. The van der Waals surface area contributed by atoms with Gasteiger partial charge in [0.1, 0.15) is 23.1 Å². The van der Waals surface area contributed by atoms with E-state index >= 15 is 0 Å². The summed E-state index contributed by atoms with van der Waals surface area (Å²) in [5.74, 6) is -1.39. The van der Waals surface area contributed by atoms with Crippen molar-refractivity contribution < 1.29 is 28.9 Å². The molecule has 3 atom stereocenters. The molecule has 0 bridgehead atoms. The summed E-state index contributed by atoms with van der Waals surface area (Å²) in [6.45, 7) is 0. The van der Waals surface area contributed by atoms with E-state index in [9.17, 15) is 28.9 Å². The highest BCUT2D eigenvalue weighted by Gasteiger charge is 2.48. The summed E-state index contributed by atoms with van der Waals surface area (Å²) in [7, 11) is 0. The number of carbonyl (C=O) groups is 1. The van der Waals surface area contributed by atoms with Crippen molar-refractivity contribution >= 4 is 11.6 Å². The summed E-state index contributed by atoms with van der Waals surface area (Å²) < 4.78 is 26.8. The van der Waals surface area contributed by atoms with Gasteiger partial charge >= 0.3 is 0 Å². The largest absolute Gasteiger partial charge is 0.508 e. The first-order valence-electron chi connectivity index (χ1n) is 12.0. The molecule has 1 saturated heterocycles. The number of amides is 1. The Morgan fingerprint density at radius 3 is 2.16 bits per heavy atom. The lowest BCUT2D eigenvalue weighted by Gasteiger charge is -2.48. The molecule has 188 valence electrons. The Kier molecular flexibility index (Phi) is 6.63. The average molecular weight is 502 g/mol. The second-order valence-electron chi connectivity index (χ2n) is 9.21. The zero-order chi connectivity index (χ0) is 26.1. The van der Waals surface area contributed by atoms with Gasteiger partial charge in [-0.3, -0.25) is 4.79 Å². The number of aromatic hydroxyl groups is 2. The van der Waals surface area contributed by atoms with Gasteiger partial charge < -0.3 is 20.2 Å². The predicted molar refractivity (Wildman–Crippen MR) is 136 cm³/mol. The van der Waals surface area contributed by atoms with Gasteiger partial charge in [0, 0.05) is 11.3 Å². The summed E-state index contributed by atoms with van der Waals surface area (Å²) in [5, 5.41) is 31.3. The number of phenolic OH excluding ortho intramolecular Hbond substituents is 2. The quantitative estimate of drug-likeness (QED) is 0.261. The van der Waals surface area contributed by atoms with Gasteiger partial charge in [-0.15, -0.1) is 0 Å². The van der Waals surface area contributed by atoms with Crippen LogP contribution in [0, 0.1) is 17.6 Å². The van der Waals surface area contributed by atoms with Gasteiger partial charge in [-0.25, -0.2) is 8.78 Å². The maximum Gasteiger partial charge on any atom is 0.233 e. The molecule has 4 aromatic carbocycles. The molecule has 1 unspecified atom stereocenters. The fourth-order valence-corrected chi connectivity index (χ4v) is 4.94. The van der Waals surface area contributed by atoms with E-state index < -0.39 is 29.7 Å². The van der Waals surface area contributed by atoms with E-state index in [1.807, 2.05) is 6.07 Å². The van der Waals surface area contributed by atoms with Crippen molar-refractivity contribution in [3.63, 3.8) is 0 Å². The molecule has 4 aromatic rings. The molecule has 0 radical (unpaired) electrons. The minimum Gasteiger partial charge on any atom is -0.508 e. The van der Waals surface area contributed by atoms with Crippen LogP contribution in [0.15, 0.2) is 91.0 Å². The second kappa shape index (κ2) is 10.0. The van der Waals surface area contributed by atoms with Crippen LogP contribution in [-0.4, -0.2) is 21.2 Å². The van der Waals surface area contributed by atoms with Crippen LogP contribution >= 0.6 is 0 Å². The van der Waals surface area contributed by atoms with Crippen LogP contribution in [0.3, 0.4) is 0 Å². The molecule has 0 spiro atoms. The van der Waals surface area contributed by atoms with Crippen molar-refractivity contribution in [3.8, 4) is 22.6 Å². The van der Waals surface area contributed by atoms with Gasteiger partial charge in [0.2, 0.25) is 5.91 Å². The number of phenols is 2. The number of hydrogen-bond acceptors (Lipinski definition) is 4. The Labute approximate surface area is 212 Å². The highest BCUT2D eigenvalue weighted by Crippen LogP contribution is 2.47. The number of benzene rings is 4. The first-order chi connectivity index (χ1) is 17.8. The predicted octanol–water partition coefficient (Wildman–Crippen LogP) is 6.26. The summed E-state index contributed by atoms with van der Waals surface area (Å²) in [5.41, 5.74) is 2.95. The SMILES string of the molecule is O=C1C(CC[C@H](O)c2ccc(F)cc2)[C@@H](c2ccc(-c3cccc(O)c3)c(O)c2)N1c1ccc(F)cc1. The Morgan fingerprint density at radius 1 is 0.838 bits per heavy atom. The smallest absolute Gasteiger partial charge is 0.233 e. The van der Waals surface area contributed by atoms with E-state index in [1.54, 1.807) is 41.3 Å². The highest BCUT2D eigenvalue weighted by atomic mass is 19.1. The molecule has 1 aliphatic heterocycles. The molecule has 37 heavy (non-hydrogen) atoms. The lowest BCUT2D eigenvalue weighted by atomic mass is 9.78. The highest BCUT2D eigenvalue weighted by molar-refractivity contribution is 6.03. The van der Waals surface area contributed by atoms with Crippen molar-refractivity contribution in [1.82, 2.24) is 0 Å². The average Bonchev–Trinajstić information content (AvgIpc) is 2.88. The van der Waals surface area contributed by atoms with Crippen LogP contribution in [0.25, 0.3) is 11.1 Å². The molecular formula is C30H25F2NO4. The monoisotopic (exact) mass is 501 g/mol. The molecule has 7 heteroatoms. The number of anilines is 1. The van der Waals surface area contributed by atoms with Gasteiger partial charge in [-0.1, -0.05) is 36.4 Å². The van der Waals surface area contributed by atoms with Crippen LogP contribution in [0.1, 0.15) is 36.1 Å². The molecule has 0 saturated carbocycles. The molecule has 0 aliphatic carbocycles. The van der Waals surface area contributed by atoms with Crippen molar-refractivity contribution in [2.24, 2.45) is 5.92 Å². The fourth-order valence-electron chi connectivity index (χ4n) is 4.94. The number of β-lactam (4-membered cyclic amide) rings is 1. The number of aliphatic hydroxyl groups excluding tert-OH is 1. The van der Waals surface area contributed by atoms with Crippen molar-refractivity contribution in [2.45, 2.75) is 25.0 Å². The minimum absolute atomic E-state index is 0.00778. The topological polar surface area (TPSA) is 81.0 Å². The van der Waals surface area contributed by atoms with E-state index in [1.165, 1.54) is 48.5 Å². The summed E-state index contributed by atoms with van der Waals surface area (Å²) >= 11 is 0. The Hall–Kier alpha value is -4.23. The van der Waals surface area contributed by atoms with Gasteiger partial charge in [0.15, 0.2) is 0 Å². The van der Waals surface area contributed by atoms with Crippen LogP contribution < -0.4 is 4.90 Å². The third kappa shape index (κ3) is 4.90. The Bertz CT molecular complexity index is 1420. The molecule has 0 aromatic heterocycles. The first kappa shape index (κ1) is 24.5. The van der Waals surface area contributed by atoms with Gasteiger partial charge in [-0.05, 0) is 84.1 Å². The number of carbonyl (C=O) groups excluding carboxylic acids is 1. The molecule has 1 aliphatic rings. The van der Waals surface area contributed by atoms with Crippen LogP contribution in [0.5, 0.6) is 11.5 Å². The molecule has 1 heterocycles. The maximum absolute atomic E-state index is 13.5. The third-order valence-electron chi connectivity index (χ3n) is 6.85. The minimum atomic E-state index is -0.865. The van der Waals surface area contributed by atoms with Crippen molar-refractivity contribution in [1.29, 1.82) is 0 Å². The van der Waals surface area contributed by atoms with Crippen LogP contribution in [-0.2, 0) is 4.79 Å². The lowest BCUT2D eigenvalue weighted by molar-refractivity contribution is -0.131. The molecule has 1 amide bonds. The molecule has 5 nitrogen and oxygen atoms in total. The van der Waals surface area contributed by atoms with Gasteiger partial charge in [0.25, 0.3) is 0 Å². The van der Waals surface area contributed by atoms with Crippen molar-refractivity contribution in [2.75, 3.05) is 4.90 Å². The van der Waals surface area contributed by atoms with Crippen molar-refractivity contribution in [3.05, 3.63) is 114 Å². The molecule has 3 N–H and O–H groups in total. The molecule has 5 rings (SSSR count). The maximum atomic E-state index is 13.5. The number of aliphatic hydroxyl groups is 1. The second-order valence-corrected chi connectivity index (χ2v) is 9.21. The van der Waals surface area contributed by atoms with Gasteiger partial charge in [-0.2, -0.15) is 0 Å². The third-order valence-corrected chi connectivity index (χ3v) is 6.85. The van der Waals surface area contributed by atoms with E-state index in [-0.39, 0.29) is 23.8 Å². The van der Waals surface area contributed by atoms with Gasteiger partial charge in [0.05, 0.1) is 18.1 Å². The summed E-state index contributed by atoms with van der Waals surface area (Å²) in [6.07, 6.45) is -0.228. The van der Waals surface area contributed by atoms with E-state index in [0.29, 0.717) is 34.4 Å². The molecular weight excluding hydrogens is 476 g/mol. The van der Waals surface area contributed by atoms with E-state index in [2.05, 4.69) is 0 Å². The van der Waals surface area contributed by atoms with E-state index in [4.69, 9.17) is 0 Å². The zero-order valence-electron chi connectivity index (χ0n) is 19.8. The lowest BCUT2D eigenvalue weighted by Crippen LogP contribution is -2.55. The van der Waals surface area contributed by atoms with Crippen LogP contribution in [0.2, 0.25) is 0 Å².